The first-order valence-corrected chi connectivity index (χ1v) is 2.88. The monoisotopic (exact) mass is 128 g/mol. The molecule has 0 amide bonds. The van der Waals surface area contributed by atoms with Gasteiger partial charge in [0.25, 0.3) is 0 Å². The maximum absolute atomic E-state index is 5.07. The topological polar surface area (TPSA) is 0 Å². The van der Waals surface area contributed by atoms with Crippen LogP contribution in [0.4, 0.5) is 0 Å². The standard InChI is InChI=1S/C10H8/c1-3-5-7-9-10-8-6-4-2/h1,3-4,6H,2,5H2. The molecule has 0 heteroatoms. The summed E-state index contributed by atoms with van der Waals surface area (Å²) in [4.78, 5) is 0. The van der Waals surface area contributed by atoms with Crippen LogP contribution in [0.3, 0.4) is 0 Å². The summed E-state index contributed by atoms with van der Waals surface area (Å²) in [5.74, 6) is 10.6. The molecule has 0 aromatic heterocycles. The molecule has 0 rings (SSSR count). The zero-order chi connectivity index (χ0) is 7.66. The molecule has 0 aromatic carbocycles. The van der Waals surface area contributed by atoms with Crippen LogP contribution in [-0.4, -0.2) is 0 Å². The lowest BCUT2D eigenvalue weighted by molar-refractivity contribution is 1.48. The van der Waals surface area contributed by atoms with E-state index in [1.165, 1.54) is 6.08 Å². The van der Waals surface area contributed by atoms with Gasteiger partial charge in [0, 0.05) is 6.42 Å². The van der Waals surface area contributed by atoms with E-state index in [2.05, 4.69) is 30.6 Å². The van der Waals surface area contributed by atoms with Crippen LogP contribution in [0.15, 0.2) is 18.2 Å². The molecular weight excluding hydrogens is 120 g/mol. The van der Waals surface area contributed by atoms with Crippen LogP contribution in [0.5, 0.6) is 0 Å². The average molecular weight is 128 g/mol. The average Bonchev–Trinajstić information content (AvgIpc) is 1.97. The summed E-state index contributed by atoms with van der Waals surface area (Å²) in [6.07, 6.45) is 5.33. The van der Waals surface area contributed by atoms with E-state index in [1.54, 1.807) is 12.2 Å². The molecule has 0 saturated carbocycles. The number of hydrogen-bond donors (Lipinski definition) is 0. The van der Waals surface area contributed by atoms with E-state index in [9.17, 15) is 0 Å². The lowest BCUT2D eigenvalue weighted by Gasteiger charge is -1.65. The highest BCUT2D eigenvalue weighted by molar-refractivity contribution is 5.31. The molecular formula is C10H8. The molecule has 0 aliphatic carbocycles. The minimum Gasteiger partial charge on any atom is -0.0849 e. The summed E-state index contributed by atoms with van der Waals surface area (Å²) < 4.78 is 0. The highest BCUT2D eigenvalue weighted by Crippen LogP contribution is 1.71. The molecule has 0 unspecified atom stereocenters. The molecule has 0 N–H and O–H groups in total. The molecule has 0 aliphatic heterocycles. The fourth-order valence-corrected chi connectivity index (χ4v) is 0.291. The molecule has 0 bridgehead atoms. The molecule has 0 aromatic rings. The molecule has 0 spiro atoms. The highest BCUT2D eigenvalue weighted by atomic mass is 13.6. The molecule has 0 fully saturated rings. The van der Waals surface area contributed by atoms with Crippen molar-refractivity contribution in [1.29, 1.82) is 0 Å². The second kappa shape index (κ2) is 7.60. The van der Waals surface area contributed by atoms with Gasteiger partial charge in [-0.05, 0) is 24.8 Å². The minimum absolute atomic E-state index is 0.586. The lowest BCUT2D eigenvalue weighted by Crippen LogP contribution is -1.55. The van der Waals surface area contributed by atoms with Gasteiger partial charge in [0.2, 0.25) is 0 Å². The molecule has 2 radical (unpaired) electrons. The summed E-state index contributed by atoms with van der Waals surface area (Å²) in [6.45, 7) is 8.53. The van der Waals surface area contributed by atoms with Gasteiger partial charge in [0.1, 0.15) is 0 Å². The molecule has 0 saturated heterocycles. The van der Waals surface area contributed by atoms with Crippen LogP contribution in [0, 0.1) is 37.2 Å². The van der Waals surface area contributed by atoms with Crippen molar-refractivity contribution in [3.63, 3.8) is 0 Å². The predicted octanol–water partition coefficient (Wildman–Crippen LogP) is 1.76. The molecule has 0 atom stereocenters. The Hall–Kier alpha value is -1.40. The Labute approximate surface area is 62.6 Å². The van der Waals surface area contributed by atoms with E-state index in [1.807, 2.05) is 0 Å². The van der Waals surface area contributed by atoms with Gasteiger partial charge < -0.3 is 0 Å². The largest absolute Gasteiger partial charge is 0.0849 e. The lowest BCUT2D eigenvalue weighted by atomic mass is 10.4. The molecule has 0 aliphatic rings. The van der Waals surface area contributed by atoms with Gasteiger partial charge in [-0.2, -0.15) is 0 Å². The first-order valence-electron chi connectivity index (χ1n) is 2.88. The van der Waals surface area contributed by atoms with Gasteiger partial charge in [-0.3, -0.25) is 0 Å². The van der Waals surface area contributed by atoms with E-state index in [-0.39, 0.29) is 0 Å². The Bertz CT molecular complexity index is 222. The Kier molecular flexibility index (Phi) is 6.54. The first-order chi connectivity index (χ1) is 4.91. The Morgan fingerprint density at radius 3 is 2.80 bits per heavy atom. The third-order valence-corrected chi connectivity index (χ3v) is 0.644. The fraction of sp³-hybridized carbons (Fsp3) is 0.100. The van der Waals surface area contributed by atoms with Gasteiger partial charge in [-0.1, -0.05) is 30.6 Å². The van der Waals surface area contributed by atoms with Crippen molar-refractivity contribution in [3.05, 3.63) is 31.7 Å². The van der Waals surface area contributed by atoms with Crippen molar-refractivity contribution in [1.82, 2.24) is 0 Å². The van der Waals surface area contributed by atoms with Gasteiger partial charge >= 0.3 is 0 Å². The quantitative estimate of drug-likeness (QED) is 0.472. The van der Waals surface area contributed by atoms with Crippen LogP contribution >= 0.6 is 0 Å². The van der Waals surface area contributed by atoms with Crippen LogP contribution in [0.25, 0.3) is 0 Å². The van der Waals surface area contributed by atoms with Crippen LogP contribution < -0.4 is 0 Å². The third kappa shape index (κ3) is 6.60. The van der Waals surface area contributed by atoms with Gasteiger partial charge in [-0.15, -0.1) is 0 Å². The summed E-state index contributed by atoms with van der Waals surface area (Å²) >= 11 is 0. The van der Waals surface area contributed by atoms with Crippen molar-refractivity contribution in [2.45, 2.75) is 6.42 Å². The Morgan fingerprint density at radius 1 is 1.40 bits per heavy atom. The normalized spacial score (nSPS) is 7.30. The first kappa shape index (κ1) is 8.60. The van der Waals surface area contributed by atoms with E-state index >= 15 is 0 Å². The summed E-state index contributed by atoms with van der Waals surface area (Å²) in [7, 11) is 0. The van der Waals surface area contributed by atoms with Crippen LogP contribution in [0.2, 0.25) is 0 Å². The molecule has 10 heavy (non-hydrogen) atoms. The highest BCUT2D eigenvalue weighted by Gasteiger charge is 1.59. The smallest absolute Gasteiger partial charge is 0.0283 e. The molecule has 0 heterocycles. The van der Waals surface area contributed by atoms with Crippen LogP contribution in [-0.2, 0) is 0 Å². The molecule has 48 valence electrons. The van der Waals surface area contributed by atoms with Crippen molar-refractivity contribution in [3.8, 4) is 23.7 Å². The number of allylic oxidation sites excluding steroid dienone is 3. The third-order valence-electron chi connectivity index (χ3n) is 0.644. The van der Waals surface area contributed by atoms with Crippen molar-refractivity contribution < 1.29 is 0 Å². The maximum Gasteiger partial charge on any atom is 0.0283 e. The summed E-state index contributed by atoms with van der Waals surface area (Å²) in [6, 6.07) is 0. The number of hydrogen-bond acceptors (Lipinski definition) is 0. The second-order valence-corrected chi connectivity index (χ2v) is 1.41. The van der Waals surface area contributed by atoms with E-state index < -0.39 is 0 Å². The Morgan fingerprint density at radius 2 is 2.20 bits per heavy atom. The van der Waals surface area contributed by atoms with Crippen LogP contribution in [0.1, 0.15) is 6.42 Å². The minimum atomic E-state index is 0.586. The predicted molar refractivity (Wildman–Crippen MR) is 43.5 cm³/mol. The SMILES string of the molecule is [CH]=CCC#CC#CC=C[CH2]. The fourth-order valence-electron chi connectivity index (χ4n) is 0.291. The van der Waals surface area contributed by atoms with Gasteiger partial charge in [-0.25, -0.2) is 0 Å². The summed E-state index contributed by atoms with van der Waals surface area (Å²) in [5.41, 5.74) is 0. The Balaban J connectivity index is 3.65. The van der Waals surface area contributed by atoms with Crippen molar-refractivity contribution >= 4 is 0 Å². The van der Waals surface area contributed by atoms with Gasteiger partial charge in [0.15, 0.2) is 0 Å². The second-order valence-electron chi connectivity index (χ2n) is 1.41. The van der Waals surface area contributed by atoms with E-state index in [0.29, 0.717) is 6.42 Å². The molecule has 0 nitrogen and oxygen atoms in total. The zero-order valence-electron chi connectivity index (χ0n) is 5.72. The van der Waals surface area contributed by atoms with Crippen molar-refractivity contribution in [2.75, 3.05) is 0 Å². The van der Waals surface area contributed by atoms with Crippen molar-refractivity contribution in [2.24, 2.45) is 0 Å². The zero-order valence-corrected chi connectivity index (χ0v) is 5.72. The number of rotatable bonds is 1. The van der Waals surface area contributed by atoms with E-state index in [0.717, 1.165) is 0 Å². The summed E-state index contributed by atoms with van der Waals surface area (Å²) in [5, 5.41) is 0. The van der Waals surface area contributed by atoms with E-state index in [4.69, 9.17) is 6.58 Å². The van der Waals surface area contributed by atoms with Gasteiger partial charge in [0.05, 0.1) is 0 Å². The maximum atomic E-state index is 5.07.